The highest BCUT2D eigenvalue weighted by Gasteiger charge is 2.50. The minimum absolute atomic E-state index is 0.00757. The molecule has 47 heavy (non-hydrogen) atoms. The monoisotopic (exact) mass is 674 g/mol. The SMILES string of the molecule is CC(C)(C)[Si](C)(C)OCc1cc2nccc(-c3cc(C#N)cc4c3N([C@H]3C[C@H](COC5CCCCO5)N(C(=O)O)C3)CC3CC43)c2s1. The Morgan fingerprint density at radius 3 is 2.74 bits per heavy atom. The largest absolute Gasteiger partial charge is 0.465 e. The number of pyridine rings is 1. The minimum Gasteiger partial charge on any atom is -0.465 e. The van der Waals surface area contributed by atoms with Gasteiger partial charge in [0.15, 0.2) is 14.6 Å². The summed E-state index contributed by atoms with van der Waals surface area (Å²) in [5.74, 6) is 0.953. The molecule has 5 atom stereocenters. The zero-order valence-corrected chi connectivity index (χ0v) is 29.9. The Balaban J connectivity index is 1.23. The molecule has 9 nitrogen and oxygen atoms in total. The maximum Gasteiger partial charge on any atom is 0.407 e. The minimum atomic E-state index is -1.93. The zero-order valence-electron chi connectivity index (χ0n) is 28.1. The Hall–Kier alpha value is -3.01. The van der Waals surface area contributed by atoms with Gasteiger partial charge < -0.3 is 28.8 Å². The van der Waals surface area contributed by atoms with E-state index < -0.39 is 14.4 Å². The first kappa shape index (κ1) is 32.5. The van der Waals surface area contributed by atoms with Gasteiger partial charge in [-0.15, -0.1) is 11.3 Å². The second-order valence-corrected chi connectivity index (χ2v) is 21.2. The molecule has 7 rings (SSSR count). The number of aromatic nitrogens is 1. The quantitative estimate of drug-likeness (QED) is 0.240. The van der Waals surface area contributed by atoms with E-state index in [1.165, 1.54) is 5.56 Å². The van der Waals surface area contributed by atoms with Crippen LogP contribution in [0.15, 0.2) is 30.5 Å². The van der Waals surface area contributed by atoms with Crippen LogP contribution < -0.4 is 4.90 Å². The molecule has 4 aliphatic rings. The highest BCUT2D eigenvalue weighted by Crippen LogP contribution is 2.58. The first-order chi connectivity index (χ1) is 22.4. The van der Waals surface area contributed by atoms with Crippen molar-refractivity contribution in [2.75, 3.05) is 31.2 Å². The Kier molecular flexibility index (Phi) is 8.62. The molecule has 250 valence electrons. The van der Waals surface area contributed by atoms with E-state index in [1.807, 2.05) is 12.3 Å². The fourth-order valence-corrected chi connectivity index (χ4v) is 9.45. The van der Waals surface area contributed by atoms with Gasteiger partial charge in [-0.2, -0.15) is 5.26 Å². The highest BCUT2D eigenvalue weighted by molar-refractivity contribution is 7.19. The standard InChI is InChI=1S/C36H46N4O5SSi/c1-36(2,3)47(4,5)45-21-26-16-31-34(46-26)27(9-10-38-31)29-12-22(17-37)13-30-28-14-23(28)18-39(33(29)30)24-15-25(40(19-24)35(41)42)20-44-32-8-6-7-11-43-32/h9-10,12-13,16,23-25,28,32H,6-8,11,14-15,18-21H2,1-5H3,(H,41,42)/t23?,24-,25+,28?,32?/m0/s1. The molecular formula is C36H46N4O5SSi. The third kappa shape index (κ3) is 6.31. The van der Waals surface area contributed by atoms with Gasteiger partial charge in [0.2, 0.25) is 0 Å². The average molecular weight is 675 g/mol. The van der Waals surface area contributed by atoms with Crippen LogP contribution in [-0.4, -0.2) is 74.1 Å². The van der Waals surface area contributed by atoms with E-state index in [0.717, 1.165) is 64.1 Å². The number of hydrogen-bond acceptors (Lipinski definition) is 8. The number of likely N-dealkylation sites (tertiary alicyclic amines) is 1. The molecule has 2 aromatic heterocycles. The van der Waals surface area contributed by atoms with E-state index in [0.29, 0.717) is 50.2 Å². The Bertz CT molecular complexity index is 1710. The van der Waals surface area contributed by atoms with Crippen LogP contribution >= 0.6 is 11.3 Å². The number of amides is 1. The van der Waals surface area contributed by atoms with Crippen molar-refractivity contribution in [3.8, 4) is 17.2 Å². The Morgan fingerprint density at radius 1 is 1.19 bits per heavy atom. The zero-order chi connectivity index (χ0) is 33.1. The number of ether oxygens (including phenoxy) is 2. The third-order valence-electron chi connectivity index (χ3n) is 11.1. The summed E-state index contributed by atoms with van der Waals surface area (Å²) in [6.45, 7) is 14.2. The first-order valence-corrected chi connectivity index (χ1v) is 20.7. The molecule has 0 spiro atoms. The molecule has 1 N–H and O–H groups in total. The normalized spacial score (nSPS) is 25.8. The van der Waals surface area contributed by atoms with Crippen LogP contribution in [0.3, 0.4) is 0 Å². The van der Waals surface area contributed by atoms with Gasteiger partial charge in [0.05, 0.1) is 41.1 Å². The summed E-state index contributed by atoms with van der Waals surface area (Å²) in [7, 11) is -1.93. The van der Waals surface area contributed by atoms with Gasteiger partial charge in [0, 0.05) is 53.6 Å². The summed E-state index contributed by atoms with van der Waals surface area (Å²) in [5.41, 5.74) is 6.06. The molecule has 11 heteroatoms. The van der Waals surface area contributed by atoms with E-state index in [9.17, 15) is 15.2 Å². The predicted molar refractivity (Wildman–Crippen MR) is 186 cm³/mol. The third-order valence-corrected chi connectivity index (χ3v) is 16.7. The molecule has 0 radical (unpaired) electrons. The Morgan fingerprint density at radius 2 is 2.02 bits per heavy atom. The fraction of sp³-hybridized carbons (Fsp3) is 0.583. The number of carboxylic acid groups (broad SMARTS) is 1. The molecule has 2 saturated heterocycles. The molecule has 3 aromatic rings. The molecule has 3 unspecified atom stereocenters. The highest BCUT2D eigenvalue weighted by atomic mass is 32.1. The van der Waals surface area contributed by atoms with E-state index in [-0.39, 0.29) is 23.4 Å². The van der Waals surface area contributed by atoms with E-state index in [2.05, 4.69) is 63.0 Å². The second-order valence-electron chi connectivity index (χ2n) is 15.3. The van der Waals surface area contributed by atoms with Crippen molar-refractivity contribution in [2.45, 2.75) is 102 Å². The van der Waals surface area contributed by atoms with Gasteiger partial charge in [-0.25, -0.2) is 4.79 Å². The maximum atomic E-state index is 12.5. The smallest absolute Gasteiger partial charge is 0.407 e. The van der Waals surface area contributed by atoms with Gasteiger partial charge >= 0.3 is 6.09 Å². The maximum absolute atomic E-state index is 12.5. The van der Waals surface area contributed by atoms with Crippen LogP contribution in [0.5, 0.6) is 0 Å². The summed E-state index contributed by atoms with van der Waals surface area (Å²) >= 11 is 1.72. The molecule has 3 aliphatic heterocycles. The van der Waals surface area contributed by atoms with Crippen molar-refractivity contribution in [3.05, 3.63) is 46.5 Å². The van der Waals surface area contributed by atoms with Crippen LogP contribution in [-0.2, 0) is 20.5 Å². The second kappa shape index (κ2) is 12.5. The number of anilines is 1. The van der Waals surface area contributed by atoms with Crippen molar-refractivity contribution in [2.24, 2.45) is 5.92 Å². The van der Waals surface area contributed by atoms with Crippen molar-refractivity contribution in [1.82, 2.24) is 9.88 Å². The van der Waals surface area contributed by atoms with E-state index >= 15 is 0 Å². The molecule has 1 amide bonds. The molecule has 1 aliphatic carbocycles. The van der Waals surface area contributed by atoms with Crippen LogP contribution in [0.2, 0.25) is 18.1 Å². The lowest BCUT2D eigenvalue weighted by Crippen LogP contribution is -2.42. The van der Waals surface area contributed by atoms with Crippen molar-refractivity contribution in [1.29, 1.82) is 5.26 Å². The van der Waals surface area contributed by atoms with Crippen molar-refractivity contribution in [3.63, 3.8) is 0 Å². The predicted octanol–water partition coefficient (Wildman–Crippen LogP) is 7.94. The van der Waals surface area contributed by atoms with E-state index in [4.69, 9.17) is 18.9 Å². The van der Waals surface area contributed by atoms with Gasteiger partial charge in [0.1, 0.15) is 0 Å². The number of nitrogens with zero attached hydrogens (tertiary/aromatic N) is 4. The Labute approximate surface area is 282 Å². The summed E-state index contributed by atoms with van der Waals surface area (Å²) in [4.78, 5) is 22.4. The lowest BCUT2D eigenvalue weighted by atomic mass is 9.90. The lowest BCUT2D eigenvalue weighted by molar-refractivity contribution is -0.168. The van der Waals surface area contributed by atoms with Gasteiger partial charge in [-0.05, 0) is 91.9 Å². The number of thiophene rings is 1. The van der Waals surface area contributed by atoms with Gasteiger partial charge in [0.25, 0.3) is 0 Å². The lowest BCUT2D eigenvalue weighted by Gasteiger charge is -2.38. The fourth-order valence-electron chi connectivity index (χ4n) is 7.35. The van der Waals surface area contributed by atoms with Crippen LogP contribution in [0.1, 0.15) is 74.8 Å². The number of hydrogen-bond donors (Lipinski definition) is 1. The summed E-state index contributed by atoms with van der Waals surface area (Å²) in [5, 5.41) is 20.5. The molecule has 0 bridgehead atoms. The first-order valence-electron chi connectivity index (χ1n) is 17.0. The van der Waals surface area contributed by atoms with Crippen LogP contribution in [0.4, 0.5) is 10.5 Å². The molecule has 5 heterocycles. The summed E-state index contributed by atoms with van der Waals surface area (Å²) < 4.78 is 19.6. The van der Waals surface area contributed by atoms with Gasteiger partial charge in [-0.1, -0.05) is 20.8 Å². The van der Waals surface area contributed by atoms with Crippen LogP contribution in [0, 0.1) is 17.2 Å². The number of carbonyl (C=O) groups is 1. The van der Waals surface area contributed by atoms with Gasteiger partial charge in [-0.3, -0.25) is 4.98 Å². The van der Waals surface area contributed by atoms with Crippen molar-refractivity contribution >= 4 is 41.7 Å². The molecule has 1 aromatic carbocycles. The summed E-state index contributed by atoms with van der Waals surface area (Å²) in [6.07, 6.45) is 5.45. The van der Waals surface area contributed by atoms with E-state index in [1.54, 1.807) is 16.2 Å². The molecular weight excluding hydrogens is 629 g/mol. The average Bonchev–Trinajstić information content (AvgIpc) is 3.51. The van der Waals surface area contributed by atoms with Crippen molar-refractivity contribution < 1.29 is 23.8 Å². The number of nitriles is 1. The number of benzene rings is 1. The molecule has 1 saturated carbocycles. The number of fused-ring (bicyclic) bond motifs is 4. The topological polar surface area (TPSA) is 108 Å². The molecule has 3 fully saturated rings. The van der Waals surface area contributed by atoms with Crippen LogP contribution in [0.25, 0.3) is 21.3 Å². The summed E-state index contributed by atoms with van der Waals surface area (Å²) in [6, 6.07) is 10.5. The number of rotatable bonds is 8.